The van der Waals surface area contributed by atoms with Crippen LogP contribution in [0.15, 0.2) is 78.9 Å². The molecule has 0 aliphatic heterocycles. The lowest BCUT2D eigenvalue weighted by Crippen LogP contribution is -2.24. The van der Waals surface area contributed by atoms with E-state index in [1.54, 1.807) is 18.2 Å². The normalized spacial score (nSPS) is 11.9. The highest BCUT2D eigenvalue weighted by Gasteiger charge is 2.12. The number of carbonyl (C=O) groups is 1. The molecule has 4 aromatic carbocycles. The molecule has 0 bridgehead atoms. The number of nitrogens with one attached hydrogen (secondary N) is 1. The zero-order valence-corrected chi connectivity index (χ0v) is 20.5. The fourth-order valence-corrected chi connectivity index (χ4v) is 4.34. The number of fused-ring (bicyclic) bond motifs is 1. The molecule has 0 radical (unpaired) electrons. The standard InChI is InChI=1S/C29H28ClNO4/c1-3-34-28-12-11-21(18-27(28)30)22-15-23(29(32)33)17-24(16-22)35-14-13-31-19(2)25-10-6-8-20-7-4-5-9-26(20)25/h4-12,15-19,31H,3,13-14H2,1-2H3,(H,32,33)/t19-/m1/s1. The van der Waals surface area contributed by atoms with E-state index in [2.05, 4.69) is 42.6 Å². The Labute approximate surface area is 210 Å². The summed E-state index contributed by atoms with van der Waals surface area (Å²) in [5.74, 6) is 0.0659. The lowest BCUT2D eigenvalue weighted by Gasteiger charge is -2.17. The Kier molecular flexibility index (Phi) is 7.91. The zero-order chi connectivity index (χ0) is 24.8. The number of ether oxygens (including phenoxy) is 2. The molecule has 0 amide bonds. The molecule has 0 aromatic heterocycles. The molecule has 0 heterocycles. The summed E-state index contributed by atoms with van der Waals surface area (Å²) in [5.41, 5.74) is 2.88. The summed E-state index contributed by atoms with van der Waals surface area (Å²) < 4.78 is 11.4. The molecule has 6 heteroatoms. The van der Waals surface area contributed by atoms with Crippen LogP contribution >= 0.6 is 11.6 Å². The Morgan fingerprint density at radius 2 is 1.77 bits per heavy atom. The van der Waals surface area contributed by atoms with Crippen molar-refractivity contribution in [2.24, 2.45) is 0 Å². The van der Waals surface area contributed by atoms with Crippen molar-refractivity contribution >= 4 is 28.3 Å². The molecule has 5 nitrogen and oxygen atoms in total. The maximum absolute atomic E-state index is 11.7. The maximum atomic E-state index is 11.7. The monoisotopic (exact) mass is 489 g/mol. The Hall–Kier alpha value is -3.54. The Morgan fingerprint density at radius 3 is 2.54 bits per heavy atom. The highest BCUT2D eigenvalue weighted by molar-refractivity contribution is 6.32. The van der Waals surface area contributed by atoms with Gasteiger partial charge in [0.2, 0.25) is 0 Å². The fourth-order valence-electron chi connectivity index (χ4n) is 4.11. The molecule has 0 spiro atoms. The van der Waals surface area contributed by atoms with E-state index in [-0.39, 0.29) is 11.6 Å². The van der Waals surface area contributed by atoms with E-state index in [0.717, 1.165) is 5.56 Å². The van der Waals surface area contributed by atoms with E-state index in [1.807, 2.05) is 31.2 Å². The van der Waals surface area contributed by atoms with Crippen LogP contribution in [0.5, 0.6) is 11.5 Å². The van der Waals surface area contributed by atoms with E-state index in [4.69, 9.17) is 21.1 Å². The minimum atomic E-state index is -1.02. The van der Waals surface area contributed by atoms with Gasteiger partial charge < -0.3 is 19.9 Å². The first kappa shape index (κ1) is 24.6. The number of benzene rings is 4. The number of rotatable bonds is 10. The van der Waals surface area contributed by atoms with Gasteiger partial charge in [-0.3, -0.25) is 0 Å². The molecule has 0 saturated heterocycles. The van der Waals surface area contributed by atoms with Crippen LogP contribution in [-0.4, -0.2) is 30.8 Å². The van der Waals surface area contributed by atoms with Gasteiger partial charge in [0.25, 0.3) is 0 Å². The lowest BCUT2D eigenvalue weighted by atomic mass is 10.00. The molecule has 2 N–H and O–H groups in total. The topological polar surface area (TPSA) is 67.8 Å². The zero-order valence-electron chi connectivity index (χ0n) is 19.8. The van der Waals surface area contributed by atoms with Crippen molar-refractivity contribution in [2.75, 3.05) is 19.8 Å². The minimum Gasteiger partial charge on any atom is -0.492 e. The third-order valence-electron chi connectivity index (χ3n) is 5.83. The molecule has 0 fully saturated rings. The third-order valence-corrected chi connectivity index (χ3v) is 6.13. The van der Waals surface area contributed by atoms with Gasteiger partial charge >= 0.3 is 5.97 Å². The van der Waals surface area contributed by atoms with Gasteiger partial charge in [-0.1, -0.05) is 60.1 Å². The molecule has 0 saturated carbocycles. The molecule has 1 atom stereocenters. The number of halogens is 1. The van der Waals surface area contributed by atoms with Crippen molar-refractivity contribution in [1.29, 1.82) is 0 Å². The minimum absolute atomic E-state index is 0.136. The average Bonchev–Trinajstić information content (AvgIpc) is 2.87. The van der Waals surface area contributed by atoms with Gasteiger partial charge in [0.05, 0.1) is 17.2 Å². The molecule has 0 aliphatic rings. The summed E-state index contributed by atoms with van der Waals surface area (Å²) in [5, 5.41) is 16.0. The van der Waals surface area contributed by atoms with Crippen LogP contribution in [0.1, 0.15) is 35.8 Å². The van der Waals surface area contributed by atoms with Gasteiger partial charge in [-0.2, -0.15) is 0 Å². The van der Waals surface area contributed by atoms with Gasteiger partial charge in [-0.05, 0) is 71.6 Å². The average molecular weight is 490 g/mol. The summed E-state index contributed by atoms with van der Waals surface area (Å²) in [6.07, 6.45) is 0. The van der Waals surface area contributed by atoms with Crippen LogP contribution in [0, 0.1) is 0 Å². The van der Waals surface area contributed by atoms with Crippen molar-refractivity contribution in [1.82, 2.24) is 5.32 Å². The lowest BCUT2D eigenvalue weighted by molar-refractivity contribution is 0.0696. The predicted octanol–water partition coefficient (Wildman–Crippen LogP) is 6.99. The SMILES string of the molecule is CCOc1ccc(-c2cc(OCCN[C@H](C)c3cccc4ccccc34)cc(C(=O)O)c2)cc1Cl. The fraction of sp³-hybridized carbons (Fsp3) is 0.207. The van der Waals surface area contributed by atoms with Crippen LogP contribution in [0.2, 0.25) is 5.02 Å². The molecule has 180 valence electrons. The maximum Gasteiger partial charge on any atom is 0.335 e. The summed E-state index contributed by atoms with van der Waals surface area (Å²) in [6.45, 7) is 5.52. The van der Waals surface area contributed by atoms with E-state index < -0.39 is 5.97 Å². The van der Waals surface area contributed by atoms with Crippen molar-refractivity contribution in [3.05, 3.63) is 95.0 Å². The first-order valence-corrected chi connectivity index (χ1v) is 12.0. The van der Waals surface area contributed by atoms with Crippen LogP contribution in [-0.2, 0) is 0 Å². The Morgan fingerprint density at radius 1 is 0.971 bits per heavy atom. The first-order valence-electron chi connectivity index (χ1n) is 11.6. The highest BCUT2D eigenvalue weighted by atomic mass is 35.5. The second-order valence-electron chi connectivity index (χ2n) is 8.22. The molecular formula is C29H28ClNO4. The number of hydrogen-bond acceptors (Lipinski definition) is 4. The molecular weight excluding hydrogens is 462 g/mol. The van der Waals surface area contributed by atoms with Crippen LogP contribution in [0.25, 0.3) is 21.9 Å². The number of carboxylic acid groups (broad SMARTS) is 1. The summed E-state index contributed by atoms with van der Waals surface area (Å²) in [7, 11) is 0. The second-order valence-corrected chi connectivity index (χ2v) is 8.63. The van der Waals surface area contributed by atoms with Gasteiger partial charge in [0.1, 0.15) is 18.1 Å². The van der Waals surface area contributed by atoms with Crippen molar-refractivity contribution in [2.45, 2.75) is 19.9 Å². The third kappa shape index (κ3) is 5.94. The Bertz CT molecular complexity index is 1330. The summed E-state index contributed by atoms with van der Waals surface area (Å²) in [4.78, 5) is 11.7. The van der Waals surface area contributed by atoms with Crippen LogP contribution in [0.4, 0.5) is 0 Å². The molecule has 0 aliphatic carbocycles. The molecule has 4 rings (SSSR count). The van der Waals surface area contributed by atoms with Gasteiger partial charge in [0.15, 0.2) is 0 Å². The van der Waals surface area contributed by atoms with Crippen LogP contribution < -0.4 is 14.8 Å². The van der Waals surface area contributed by atoms with E-state index >= 15 is 0 Å². The molecule has 0 unspecified atom stereocenters. The van der Waals surface area contributed by atoms with Gasteiger partial charge in [-0.15, -0.1) is 0 Å². The number of carboxylic acids is 1. The van der Waals surface area contributed by atoms with Crippen molar-refractivity contribution < 1.29 is 19.4 Å². The smallest absolute Gasteiger partial charge is 0.335 e. The number of aromatic carboxylic acids is 1. The molecule has 35 heavy (non-hydrogen) atoms. The van der Waals surface area contributed by atoms with Gasteiger partial charge in [-0.25, -0.2) is 4.79 Å². The largest absolute Gasteiger partial charge is 0.492 e. The molecule has 4 aromatic rings. The second kappa shape index (κ2) is 11.3. The highest BCUT2D eigenvalue weighted by Crippen LogP contribution is 2.33. The van der Waals surface area contributed by atoms with E-state index in [9.17, 15) is 9.90 Å². The first-order chi connectivity index (χ1) is 17.0. The van der Waals surface area contributed by atoms with Crippen molar-refractivity contribution in [3.8, 4) is 22.6 Å². The summed E-state index contributed by atoms with van der Waals surface area (Å²) >= 11 is 6.34. The van der Waals surface area contributed by atoms with E-state index in [0.29, 0.717) is 41.8 Å². The quantitative estimate of drug-likeness (QED) is 0.235. The Balaban J connectivity index is 1.45. The van der Waals surface area contributed by atoms with Crippen LogP contribution in [0.3, 0.4) is 0 Å². The summed E-state index contributed by atoms with van der Waals surface area (Å²) in [6, 6.07) is 25.2. The van der Waals surface area contributed by atoms with Crippen molar-refractivity contribution in [3.63, 3.8) is 0 Å². The van der Waals surface area contributed by atoms with Gasteiger partial charge in [0, 0.05) is 12.6 Å². The predicted molar refractivity (Wildman–Crippen MR) is 141 cm³/mol. The van der Waals surface area contributed by atoms with E-state index in [1.165, 1.54) is 22.4 Å². The number of hydrogen-bond donors (Lipinski definition) is 2.